The smallest absolute Gasteiger partial charge is 0.260 e. The lowest BCUT2D eigenvalue weighted by Gasteiger charge is -2.23. The molecule has 0 bridgehead atoms. The second-order valence-electron chi connectivity index (χ2n) is 5.42. The molecule has 3 aromatic rings. The number of hydrogen-bond donors (Lipinski definition) is 0. The number of carbonyl (C=O) groups is 1. The van der Waals surface area contributed by atoms with Gasteiger partial charge >= 0.3 is 0 Å². The van der Waals surface area contributed by atoms with Crippen molar-refractivity contribution in [2.75, 3.05) is 13.7 Å². The van der Waals surface area contributed by atoms with Crippen LogP contribution in [0, 0.1) is 0 Å². The molecule has 4 nitrogen and oxygen atoms in total. The van der Waals surface area contributed by atoms with Crippen LogP contribution in [0.5, 0.6) is 5.75 Å². The first-order valence-corrected chi connectivity index (χ1v) is 9.15. The molecule has 3 rings (SSSR count). The van der Waals surface area contributed by atoms with Gasteiger partial charge in [-0.25, -0.2) is 4.98 Å². The van der Waals surface area contributed by atoms with Crippen LogP contribution in [0.15, 0.2) is 53.0 Å². The van der Waals surface area contributed by atoms with Crippen LogP contribution in [0.3, 0.4) is 0 Å². The minimum atomic E-state index is -0.0993. The Kier molecular flexibility index (Phi) is 5.16. The molecular formula is C18H17BrN2O2S. The summed E-state index contributed by atoms with van der Waals surface area (Å²) in [6, 6.07) is 15.4. The predicted molar refractivity (Wildman–Crippen MR) is 100 cm³/mol. The fraction of sp³-hybridized carbons (Fsp3) is 0.222. The molecule has 0 aliphatic carbocycles. The topological polar surface area (TPSA) is 42.4 Å². The van der Waals surface area contributed by atoms with Gasteiger partial charge in [0.25, 0.3) is 5.91 Å². The zero-order valence-electron chi connectivity index (χ0n) is 13.4. The van der Waals surface area contributed by atoms with Crippen LogP contribution in [-0.2, 0) is 4.79 Å². The highest BCUT2D eigenvalue weighted by Crippen LogP contribution is 2.29. The van der Waals surface area contributed by atoms with Crippen molar-refractivity contribution in [1.82, 2.24) is 9.88 Å². The molecule has 24 heavy (non-hydrogen) atoms. The van der Waals surface area contributed by atoms with E-state index >= 15 is 0 Å². The van der Waals surface area contributed by atoms with Crippen LogP contribution in [-0.4, -0.2) is 29.4 Å². The van der Waals surface area contributed by atoms with Crippen LogP contribution in [0.1, 0.15) is 18.0 Å². The molecule has 0 saturated carbocycles. The molecule has 6 heteroatoms. The van der Waals surface area contributed by atoms with E-state index in [2.05, 4.69) is 20.9 Å². The summed E-state index contributed by atoms with van der Waals surface area (Å²) in [6.45, 7) is 1.97. The van der Waals surface area contributed by atoms with Crippen molar-refractivity contribution < 1.29 is 9.53 Å². The number of hydrogen-bond acceptors (Lipinski definition) is 4. The summed E-state index contributed by atoms with van der Waals surface area (Å²) in [5, 5.41) is 0.924. The number of ether oxygens (including phenoxy) is 1. The molecule has 0 aliphatic rings. The summed E-state index contributed by atoms with van der Waals surface area (Å²) in [7, 11) is 1.78. The molecular weight excluding hydrogens is 388 g/mol. The van der Waals surface area contributed by atoms with Crippen molar-refractivity contribution in [2.24, 2.45) is 0 Å². The number of para-hydroxylation sites is 2. The Labute approximate surface area is 153 Å². The third-order valence-electron chi connectivity index (χ3n) is 3.83. The van der Waals surface area contributed by atoms with Gasteiger partial charge in [0.15, 0.2) is 6.61 Å². The minimum absolute atomic E-state index is 0.00561. The number of halogens is 1. The highest BCUT2D eigenvalue weighted by molar-refractivity contribution is 9.10. The molecule has 0 saturated heterocycles. The van der Waals surface area contributed by atoms with E-state index in [1.165, 1.54) is 0 Å². The summed E-state index contributed by atoms with van der Waals surface area (Å²) >= 11 is 5.03. The standard InChI is InChI=1S/C18H17BrN2O2S/c1-12(18-20-14-8-4-6-10-16(14)24-18)21(2)17(22)11-23-15-9-5-3-7-13(15)19/h3-10,12H,11H2,1-2H3/t12-/m0/s1. The fourth-order valence-corrected chi connectivity index (χ4v) is 3.72. The summed E-state index contributed by atoms with van der Waals surface area (Å²) in [5.41, 5.74) is 0.967. The third-order valence-corrected chi connectivity index (χ3v) is 5.69. The molecule has 0 radical (unpaired) electrons. The maximum atomic E-state index is 12.4. The van der Waals surface area contributed by atoms with Gasteiger partial charge in [0.05, 0.1) is 20.7 Å². The highest BCUT2D eigenvalue weighted by atomic mass is 79.9. The molecule has 2 aromatic carbocycles. The Bertz CT molecular complexity index is 832. The lowest BCUT2D eigenvalue weighted by Crippen LogP contribution is -2.33. The SMILES string of the molecule is C[C@@H](c1nc2ccccc2s1)N(C)C(=O)COc1ccccc1Br. The molecule has 1 aromatic heterocycles. The van der Waals surface area contributed by atoms with Gasteiger partial charge in [-0.15, -0.1) is 11.3 Å². The highest BCUT2D eigenvalue weighted by Gasteiger charge is 2.21. The van der Waals surface area contributed by atoms with Gasteiger partial charge in [-0.3, -0.25) is 4.79 Å². The van der Waals surface area contributed by atoms with E-state index in [1.54, 1.807) is 23.3 Å². The molecule has 124 valence electrons. The van der Waals surface area contributed by atoms with Crippen molar-refractivity contribution in [3.05, 3.63) is 58.0 Å². The van der Waals surface area contributed by atoms with Crippen molar-refractivity contribution in [3.8, 4) is 5.75 Å². The monoisotopic (exact) mass is 404 g/mol. The van der Waals surface area contributed by atoms with E-state index in [4.69, 9.17) is 4.74 Å². The molecule has 1 heterocycles. The number of benzene rings is 2. The Morgan fingerprint density at radius 1 is 1.25 bits per heavy atom. The number of nitrogens with zero attached hydrogens (tertiary/aromatic N) is 2. The Balaban J connectivity index is 1.67. The normalized spacial score (nSPS) is 12.1. The number of thiazole rings is 1. The van der Waals surface area contributed by atoms with Crippen LogP contribution < -0.4 is 4.74 Å². The quantitative estimate of drug-likeness (QED) is 0.620. The Morgan fingerprint density at radius 2 is 1.96 bits per heavy atom. The first kappa shape index (κ1) is 16.9. The largest absolute Gasteiger partial charge is 0.483 e. The van der Waals surface area contributed by atoms with Gasteiger partial charge in [0.1, 0.15) is 10.8 Å². The molecule has 1 atom stereocenters. The zero-order chi connectivity index (χ0) is 17.1. The number of aromatic nitrogens is 1. The molecule has 0 unspecified atom stereocenters. The van der Waals surface area contributed by atoms with Gasteiger partial charge < -0.3 is 9.64 Å². The van der Waals surface area contributed by atoms with E-state index in [9.17, 15) is 4.79 Å². The van der Waals surface area contributed by atoms with Gasteiger partial charge in [0.2, 0.25) is 0 Å². The number of rotatable bonds is 5. The van der Waals surface area contributed by atoms with Crippen molar-refractivity contribution >= 4 is 43.4 Å². The van der Waals surface area contributed by atoms with Gasteiger partial charge in [-0.05, 0) is 47.1 Å². The number of fused-ring (bicyclic) bond motifs is 1. The maximum Gasteiger partial charge on any atom is 0.260 e. The Hall–Kier alpha value is -1.92. The number of likely N-dealkylation sites (N-methyl/N-ethyl adjacent to an activating group) is 1. The second kappa shape index (κ2) is 7.32. The van der Waals surface area contributed by atoms with Gasteiger partial charge in [-0.1, -0.05) is 24.3 Å². The van der Waals surface area contributed by atoms with Crippen molar-refractivity contribution in [2.45, 2.75) is 13.0 Å². The van der Waals surface area contributed by atoms with E-state index in [1.807, 2.05) is 55.5 Å². The van der Waals surface area contributed by atoms with Gasteiger partial charge in [0, 0.05) is 7.05 Å². The molecule has 0 spiro atoms. The fourth-order valence-electron chi connectivity index (χ4n) is 2.25. The minimum Gasteiger partial charge on any atom is -0.483 e. The molecule has 0 N–H and O–H groups in total. The lowest BCUT2D eigenvalue weighted by atomic mass is 10.3. The van der Waals surface area contributed by atoms with E-state index in [-0.39, 0.29) is 18.6 Å². The van der Waals surface area contributed by atoms with Gasteiger partial charge in [-0.2, -0.15) is 0 Å². The van der Waals surface area contributed by atoms with Crippen molar-refractivity contribution in [1.29, 1.82) is 0 Å². The average Bonchev–Trinajstić information content (AvgIpc) is 3.03. The predicted octanol–water partition coefficient (Wildman–Crippen LogP) is 4.66. The first-order chi connectivity index (χ1) is 11.6. The Morgan fingerprint density at radius 3 is 2.71 bits per heavy atom. The number of carbonyl (C=O) groups excluding carboxylic acids is 1. The van der Waals surface area contributed by atoms with Crippen LogP contribution in [0.25, 0.3) is 10.2 Å². The van der Waals surface area contributed by atoms with E-state index in [0.29, 0.717) is 5.75 Å². The van der Waals surface area contributed by atoms with Crippen LogP contribution >= 0.6 is 27.3 Å². The van der Waals surface area contributed by atoms with E-state index < -0.39 is 0 Å². The van der Waals surface area contributed by atoms with Crippen LogP contribution in [0.4, 0.5) is 0 Å². The lowest BCUT2D eigenvalue weighted by molar-refractivity contribution is -0.134. The molecule has 1 amide bonds. The summed E-state index contributed by atoms with van der Waals surface area (Å²) < 4.78 is 7.57. The second-order valence-corrected chi connectivity index (χ2v) is 7.34. The van der Waals surface area contributed by atoms with E-state index in [0.717, 1.165) is 19.7 Å². The van der Waals surface area contributed by atoms with Crippen molar-refractivity contribution in [3.63, 3.8) is 0 Å². The summed E-state index contributed by atoms with van der Waals surface area (Å²) in [6.07, 6.45) is 0. The summed E-state index contributed by atoms with van der Waals surface area (Å²) in [4.78, 5) is 18.7. The average molecular weight is 405 g/mol. The molecule has 0 aliphatic heterocycles. The van der Waals surface area contributed by atoms with Crippen LogP contribution in [0.2, 0.25) is 0 Å². The maximum absolute atomic E-state index is 12.4. The number of amides is 1. The summed E-state index contributed by atoms with van der Waals surface area (Å²) in [5.74, 6) is 0.574. The molecule has 0 fully saturated rings. The first-order valence-electron chi connectivity index (χ1n) is 7.54. The third kappa shape index (κ3) is 3.60. The zero-order valence-corrected chi connectivity index (χ0v) is 15.8.